The number of nitrogens with zero attached hydrogens (tertiary/aromatic N) is 1. The molecule has 2 rings (SSSR count). The number of hydrogen-bond donors (Lipinski definition) is 1. The van der Waals surface area contributed by atoms with Crippen molar-refractivity contribution in [3.05, 3.63) is 34.9 Å². The summed E-state index contributed by atoms with van der Waals surface area (Å²) in [5.74, 6) is 6.30. The molecule has 1 N–H and O–H groups in total. The highest BCUT2D eigenvalue weighted by Gasteiger charge is 2.26. The lowest BCUT2D eigenvalue weighted by molar-refractivity contribution is 0.0757. The molecule has 0 aliphatic heterocycles. The Bertz CT molecular complexity index is 550. The Kier molecular flexibility index (Phi) is 4.81. The van der Waals surface area contributed by atoms with E-state index in [2.05, 4.69) is 11.8 Å². The molecule has 0 saturated heterocycles. The Labute approximate surface area is 120 Å². The van der Waals surface area contributed by atoms with E-state index in [1.807, 2.05) is 36.9 Å². The van der Waals surface area contributed by atoms with Gasteiger partial charge in [0.25, 0.3) is 5.91 Å². The van der Waals surface area contributed by atoms with Crippen molar-refractivity contribution in [1.82, 2.24) is 4.90 Å². The van der Waals surface area contributed by atoms with Gasteiger partial charge in [0.2, 0.25) is 0 Å². The fourth-order valence-corrected chi connectivity index (χ4v) is 2.17. The average molecular weight is 271 g/mol. The molecular formula is C17H21NO2. The SMILES string of the molecule is CCN(CC1CC1)C(=O)c1ccc(C)c(C#CCO)c1. The third-order valence-electron chi connectivity index (χ3n) is 3.63. The molecule has 1 fully saturated rings. The van der Waals surface area contributed by atoms with Crippen LogP contribution in [-0.4, -0.2) is 35.6 Å². The summed E-state index contributed by atoms with van der Waals surface area (Å²) in [6, 6.07) is 5.60. The van der Waals surface area contributed by atoms with Gasteiger partial charge in [0.15, 0.2) is 0 Å². The van der Waals surface area contributed by atoms with Crippen LogP contribution in [0.1, 0.15) is 41.3 Å². The molecular weight excluding hydrogens is 250 g/mol. The van der Waals surface area contributed by atoms with Gasteiger partial charge in [-0.1, -0.05) is 17.9 Å². The van der Waals surface area contributed by atoms with E-state index in [1.165, 1.54) is 12.8 Å². The number of hydrogen-bond acceptors (Lipinski definition) is 2. The molecule has 1 aliphatic rings. The van der Waals surface area contributed by atoms with Gasteiger partial charge in [-0.25, -0.2) is 0 Å². The predicted molar refractivity (Wildman–Crippen MR) is 79.4 cm³/mol. The Morgan fingerprint density at radius 2 is 2.20 bits per heavy atom. The molecule has 106 valence electrons. The third-order valence-corrected chi connectivity index (χ3v) is 3.63. The van der Waals surface area contributed by atoms with Gasteiger partial charge in [-0.2, -0.15) is 0 Å². The molecule has 1 aromatic rings. The number of carbonyl (C=O) groups excluding carboxylic acids is 1. The molecule has 1 aliphatic carbocycles. The van der Waals surface area contributed by atoms with Crippen LogP contribution in [0, 0.1) is 24.7 Å². The van der Waals surface area contributed by atoms with Crippen LogP contribution in [-0.2, 0) is 0 Å². The van der Waals surface area contributed by atoms with Crippen molar-refractivity contribution in [3.63, 3.8) is 0 Å². The van der Waals surface area contributed by atoms with Gasteiger partial charge in [-0.3, -0.25) is 4.79 Å². The van der Waals surface area contributed by atoms with E-state index < -0.39 is 0 Å². The first-order chi connectivity index (χ1) is 9.65. The van der Waals surface area contributed by atoms with Gasteiger partial charge in [0.05, 0.1) is 0 Å². The quantitative estimate of drug-likeness (QED) is 0.853. The second kappa shape index (κ2) is 6.58. The van der Waals surface area contributed by atoms with Crippen molar-refractivity contribution >= 4 is 5.91 Å². The summed E-state index contributed by atoms with van der Waals surface area (Å²) in [7, 11) is 0. The molecule has 0 atom stereocenters. The minimum atomic E-state index is -0.166. The van der Waals surface area contributed by atoms with Crippen LogP contribution < -0.4 is 0 Å². The fraction of sp³-hybridized carbons (Fsp3) is 0.471. The third kappa shape index (κ3) is 3.61. The molecule has 0 heterocycles. The lowest BCUT2D eigenvalue weighted by atomic mass is 10.0. The number of aryl methyl sites for hydroxylation is 1. The van der Waals surface area contributed by atoms with Crippen molar-refractivity contribution < 1.29 is 9.90 Å². The highest BCUT2D eigenvalue weighted by Crippen LogP contribution is 2.30. The van der Waals surface area contributed by atoms with Crippen LogP contribution in [0.25, 0.3) is 0 Å². The van der Waals surface area contributed by atoms with Crippen molar-refractivity contribution in [2.75, 3.05) is 19.7 Å². The summed E-state index contributed by atoms with van der Waals surface area (Å²) in [5.41, 5.74) is 2.51. The standard InChI is InChI=1S/C17H21NO2/c1-3-18(12-14-7-8-14)17(20)16-9-6-13(2)15(11-16)5-4-10-19/h6,9,11,14,19H,3,7-8,10,12H2,1-2H3. The molecule has 0 aromatic heterocycles. The summed E-state index contributed by atoms with van der Waals surface area (Å²) >= 11 is 0. The van der Waals surface area contributed by atoms with Crippen LogP contribution in [0.4, 0.5) is 0 Å². The second-order valence-electron chi connectivity index (χ2n) is 5.28. The summed E-state index contributed by atoms with van der Waals surface area (Å²) in [5, 5.41) is 8.78. The van der Waals surface area contributed by atoms with Crippen LogP contribution >= 0.6 is 0 Å². The van der Waals surface area contributed by atoms with Gasteiger partial charge in [0.1, 0.15) is 6.61 Å². The minimum absolute atomic E-state index is 0.0754. The molecule has 20 heavy (non-hydrogen) atoms. The van der Waals surface area contributed by atoms with Crippen LogP contribution in [0.3, 0.4) is 0 Å². The number of carbonyl (C=O) groups is 1. The Hall–Kier alpha value is -1.79. The summed E-state index contributed by atoms with van der Waals surface area (Å²) in [4.78, 5) is 14.4. The van der Waals surface area contributed by atoms with Crippen LogP contribution in [0.5, 0.6) is 0 Å². The minimum Gasteiger partial charge on any atom is -0.384 e. The number of aliphatic hydroxyl groups is 1. The van der Waals surface area contributed by atoms with E-state index in [4.69, 9.17) is 5.11 Å². The van der Waals surface area contributed by atoms with E-state index in [1.54, 1.807) is 0 Å². The van der Waals surface area contributed by atoms with Crippen LogP contribution in [0.15, 0.2) is 18.2 Å². The monoisotopic (exact) mass is 271 g/mol. The zero-order valence-electron chi connectivity index (χ0n) is 12.1. The topological polar surface area (TPSA) is 40.5 Å². The largest absolute Gasteiger partial charge is 0.384 e. The smallest absolute Gasteiger partial charge is 0.253 e. The first-order valence-corrected chi connectivity index (χ1v) is 7.15. The first-order valence-electron chi connectivity index (χ1n) is 7.15. The van der Waals surface area contributed by atoms with Gasteiger partial charge in [-0.05, 0) is 50.3 Å². The Balaban J connectivity index is 2.19. The Morgan fingerprint density at radius 3 is 2.80 bits per heavy atom. The van der Waals surface area contributed by atoms with E-state index in [0.29, 0.717) is 11.5 Å². The van der Waals surface area contributed by atoms with Crippen molar-refractivity contribution in [2.45, 2.75) is 26.7 Å². The lowest BCUT2D eigenvalue weighted by Gasteiger charge is -2.21. The van der Waals surface area contributed by atoms with Crippen molar-refractivity contribution in [2.24, 2.45) is 5.92 Å². The average Bonchev–Trinajstić information content (AvgIpc) is 3.27. The molecule has 3 nitrogen and oxygen atoms in total. The molecule has 1 aromatic carbocycles. The Morgan fingerprint density at radius 1 is 1.45 bits per heavy atom. The first kappa shape index (κ1) is 14.6. The highest BCUT2D eigenvalue weighted by molar-refractivity contribution is 5.94. The number of benzene rings is 1. The maximum atomic E-state index is 12.5. The number of rotatable bonds is 4. The van der Waals surface area contributed by atoms with Crippen molar-refractivity contribution in [1.29, 1.82) is 0 Å². The lowest BCUT2D eigenvalue weighted by Crippen LogP contribution is -2.32. The van der Waals surface area contributed by atoms with Gasteiger partial charge >= 0.3 is 0 Å². The molecule has 0 bridgehead atoms. The summed E-state index contributed by atoms with van der Waals surface area (Å²) in [6.07, 6.45) is 2.48. The van der Waals surface area contributed by atoms with Crippen LogP contribution in [0.2, 0.25) is 0 Å². The normalized spacial score (nSPS) is 13.6. The van der Waals surface area contributed by atoms with E-state index >= 15 is 0 Å². The maximum Gasteiger partial charge on any atom is 0.253 e. The molecule has 0 unspecified atom stereocenters. The molecule has 1 saturated carbocycles. The predicted octanol–water partition coefficient (Wildman–Crippen LogP) is 2.21. The van der Waals surface area contributed by atoms with Gasteiger partial charge < -0.3 is 10.0 Å². The number of aliphatic hydroxyl groups excluding tert-OH is 1. The molecule has 1 amide bonds. The maximum absolute atomic E-state index is 12.5. The summed E-state index contributed by atoms with van der Waals surface area (Å²) < 4.78 is 0. The van der Waals surface area contributed by atoms with Gasteiger partial charge in [0, 0.05) is 24.2 Å². The van der Waals surface area contributed by atoms with E-state index in [9.17, 15) is 4.79 Å². The van der Waals surface area contributed by atoms with E-state index in [0.717, 1.165) is 24.2 Å². The molecule has 0 radical (unpaired) electrons. The highest BCUT2D eigenvalue weighted by atomic mass is 16.2. The zero-order valence-corrected chi connectivity index (χ0v) is 12.1. The zero-order chi connectivity index (χ0) is 14.5. The second-order valence-corrected chi connectivity index (χ2v) is 5.28. The number of amides is 1. The molecule has 3 heteroatoms. The summed E-state index contributed by atoms with van der Waals surface area (Å²) in [6.45, 7) is 5.40. The van der Waals surface area contributed by atoms with Gasteiger partial charge in [-0.15, -0.1) is 0 Å². The molecule has 0 spiro atoms. The van der Waals surface area contributed by atoms with E-state index in [-0.39, 0.29) is 12.5 Å². The van der Waals surface area contributed by atoms with Crippen molar-refractivity contribution in [3.8, 4) is 11.8 Å². The fourth-order valence-electron chi connectivity index (χ4n) is 2.17.